The summed E-state index contributed by atoms with van der Waals surface area (Å²) >= 11 is 0. The summed E-state index contributed by atoms with van der Waals surface area (Å²) in [6, 6.07) is 0. The van der Waals surface area contributed by atoms with Crippen molar-refractivity contribution in [2.45, 2.75) is 65.2 Å². The number of carboxylic acids is 1. The summed E-state index contributed by atoms with van der Waals surface area (Å²) in [5.74, 6) is -0.734. The summed E-state index contributed by atoms with van der Waals surface area (Å²) in [7, 11) is 0. The molecule has 0 aromatic heterocycles. The molecule has 0 aliphatic rings. The van der Waals surface area contributed by atoms with Gasteiger partial charge in [0.15, 0.2) is 0 Å². The molecule has 1 N–H and O–H groups in total. The molecule has 0 aliphatic heterocycles. The zero-order valence-electron chi connectivity index (χ0n) is 10.8. The monoisotopic (exact) mass is 276 g/mol. The van der Waals surface area contributed by atoms with Crippen molar-refractivity contribution in [3.63, 3.8) is 0 Å². The molecule has 16 heavy (non-hydrogen) atoms. The van der Waals surface area contributed by atoms with Crippen LogP contribution in [0.2, 0.25) is 0 Å². The van der Waals surface area contributed by atoms with Crippen LogP contribution in [0, 0.1) is 0 Å². The minimum Gasteiger partial charge on any atom is -0.478 e. The first-order valence-electron chi connectivity index (χ1n) is 6.14. The third kappa shape index (κ3) is 10.4. The van der Waals surface area contributed by atoms with E-state index >= 15 is 0 Å². The summed E-state index contributed by atoms with van der Waals surface area (Å²) in [6.45, 7) is 4.29. The van der Waals surface area contributed by atoms with Crippen LogP contribution in [0.3, 0.4) is 0 Å². The van der Waals surface area contributed by atoms with Crippen LogP contribution in [-0.4, -0.2) is 11.1 Å². The van der Waals surface area contributed by atoms with E-state index in [0.717, 1.165) is 38.5 Å². The van der Waals surface area contributed by atoms with Crippen LogP contribution in [0.5, 0.6) is 0 Å². The Morgan fingerprint density at radius 3 is 2.12 bits per heavy atom. The Kier molecular flexibility index (Phi) is 14.7. The second-order valence-corrected chi connectivity index (χ2v) is 3.99. The summed E-state index contributed by atoms with van der Waals surface area (Å²) in [5, 5.41) is 8.96. The molecule has 0 amide bonds. The maximum atomic E-state index is 10.9. The quantitative estimate of drug-likeness (QED) is 0.390. The molecule has 0 fully saturated rings. The molecule has 0 atom stereocenters. The maximum Gasteiger partial charge on any atom is 0.331 e. The number of aliphatic carboxylic acids is 1. The number of hydrogen-bond acceptors (Lipinski definition) is 1. The molecule has 0 rings (SSSR count). The molecule has 0 unspecified atom stereocenters. The SMILES string of the molecule is CCCCCC=C(CCCCC)C(=O)O.[Zn]. The minimum atomic E-state index is -0.734. The molecule has 0 saturated heterocycles. The summed E-state index contributed by atoms with van der Waals surface area (Å²) in [5.41, 5.74) is 0.611. The molecule has 0 radical (unpaired) electrons. The van der Waals surface area contributed by atoms with E-state index in [0.29, 0.717) is 5.57 Å². The van der Waals surface area contributed by atoms with Crippen molar-refractivity contribution in [1.82, 2.24) is 0 Å². The van der Waals surface area contributed by atoms with Gasteiger partial charge in [0.2, 0.25) is 0 Å². The number of carboxylic acid groups (broad SMARTS) is 1. The Hall–Kier alpha value is -0.167. The summed E-state index contributed by atoms with van der Waals surface area (Å²) in [6.07, 6.45) is 10.3. The molecule has 0 bridgehead atoms. The van der Waals surface area contributed by atoms with Crippen molar-refractivity contribution >= 4 is 5.97 Å². The van der Waals surface area contributed by atoms with E-state index in [2.05, 4.69) is 13.8 Å². The first kappa shape index (κ1) is 18.2. The normalized spacial score (nSPS) is 11.0. The van der Waals surface area contributed by atoms with Crippen molar-refractivity contribution in [2.24, 2.45) is 0 Å². The molecule has 90 valence electrons. The van der Waals surface area contributed by atoms with Gasteiger partial charge in [0.1, 0.15) is 0 Å². The third-order valence-electron chi connectivity index (χ3n) is 2.52. The molecule has 0 aromatic rings. The van der Waals surface area contributed by atoms with Gasteiger partial charge >= 0.3 is 5.97 Å². The van der Waals surface area contributed by atoms with Gasteiger partial charge in [-0.3, -0.25) is 0 Å². The maximum absolute atomic E-state index is 10.9. The molecular formula is C13H24O2Zn. The van der Waals surface area contributed by atoms with E-state index < -0.39 is 5.97 Å². The van der Waals surface area contributed by atoms with Gasteiger partial charge in [0, 0.05) is 25.1 Å². The van der Waals surface area contributed by atoms with Crippen molar-refractivity contribution in [3.05, 3.63) is 11.6 Å². The number of carbonyl (C=O) groups is 1. The molecule has 0 aromatic carbocycles. The van der Waals surface area contributed by atoms with Crippen LogP contribution in [0.1, 0.15) is 65.2 Å². The van der Waals surface area contributed by atoms with Gasteiger partial charge in [0.25, 0.3) is 0 Å². The summed E-state index contributed by atoms with van der Waals surface area (Å²) < 4.78 is 0. The number of unbranched alkanes of at least 4 members (excludes halogenated alkanes) is 5. The second-order valence-electron chi connectivity index (χ2n) is 3.99. The minimum absolute atomic E-state index is 0. The fourth-order valence-corrected chi connectivity index (χ4v) is 1.53. The molecule has 0 aliphatic carbocycles. The van der Waals surface area contributed by atoms with Crippen molar-refractivity contribution < 1.29 is 29.4 Å². The first-order chi connectivity index (χ1) is 7.22. The Labute approximate surface area is 112 Å². The van der Waals surface area contributed by atoms with Gasteiger partial charge in [-0.2, -0.15) is 0 Å². The van der Waals surface area contributed by atoms with Crippen LogP contribution in [0.25, 0.3) is 0 Å². The van der Waals surface area contributed by atoms with Crippen LogP contribution < -0.4 is 0 Å². The van der Waals surface area contributed by atoms with E-state index in [1.54, 1.807) is 0 Å². The van der Waals surface area contributed by atoms with Gasteiger partial charge in [-0.15, -0.1) is 0 Å². The largest absolute Gasteiger partial charge is 0.478 e. The van der Waals surface area contributed by atoms with Crippen LogP contribution >= 0.6 is 0 Å². The van der Waals surface area contributed by atoms with Gasteiger partial charge in [-0.25, -0.2) is 4.79 Å². The number of allylic oxidation sites excluding steroid dienone is 1. The van der Waals surface area contributed by atoms with E-state index in [1.165, 1.54) is 12.8 Å². The summed E-state index contributed by atoms with van der Waals surface area (Å²) in [4.78, 5) is 10.9. The number of rotatable bonds is 9. The Morgan fingerprint density at radius 2 is 1.62 bits per heavy atom. The Morgan fingerprint density at radius 1 is 1.06 bits per heavy atom. The molecule has 0 heterocycles. The predicted octanol–water partition coefficient (Wildman–Crippen LogP) is 4.16. The smallest absolute Gasteiger partial charge is 0.331 e. The Bertz CT molecular complexity index is 200. The molecule has 0 saturated carbocycles. The predicted molar refractivity (Wildman–Crippen MR) is 64.0 cm³/mol. The van der Waals surface area contributed by atoms with Gasteiger partial charge in [0.05, 0.1) is 0 Å². The topological polar surface area (TPSA) is 37.3 Å². The van der Waals surface area contributed by atoms with E-state index in [1.807, 2.05) is 6.08 Å². The van der Waals surface area contributed by atoms with Crippen LogP contribution in [-0.2, 0) is 24.3 Å². The first-order valence-corrected chi connectivity index (χ1v) is 6.14. The molecule has 3 heteroatoms. The zero-order chi connectivity index (χ0) is 11.5. The fourth-order valence-electron chi connectivity index (χ4n) is 1.53. The van der Waals surface area contributed by atoms with Gasteiger partial charge in [-0.05, 0) is 25.7 Å². The average molecular weight is 278 g/mol. The zero-order valence-corrected chi connectivity index (χ0v) is 13.8. The standard InChI is InChI=1S/C13H24O2.Zn/c1-3-5-7-9-11-12(13(14)15)10-8-6-4-2;/h11H,3-10H2,1-2H3,(H,14,15);. The van der Waals surface area contributed by atoms with E-state index in [9.17, 15) is 4.79 Å². The van der Waals surface area contributed by atoms with E-state index in [-0.39, 0.29) is 19.5 Å². The van der Waals surface area contributed by atoms with Gasteiger partial charge < -0.3 is 5.11 Å². The van der Waals surface area contributed by atoms with Crippen LogP contribution in [0.15, 0.2) is 11.6 Å². The molecule has 2 nitrogen and oxygen atoms in total. The van der Waals surface area contributed by atoms with E-state index in [4.69, 9.17) is 5.11 Å². The Balaban J connectivity index is 0. The van der Waals surface area contributed by atoms with Crippen molar-refractivity contribution in [3.8, 4) is 0 Å². The third-order valence-corrected chi connectivity index (χ3v) is 2.52. The number of hydrogen-bond donors (Lipinski definition) is 1. The molecular weight excluding hydrogens is 254 g/mol. The fraction of sp³-hybridized carbons (Fsp3) is 0.769. The second kappa shape index (κ2) is 12.9. The van der Waals surface area contributed by atoms with Crippen molar-refractivity contribution in [1.29, 1.82) is 0 Å². The van der Waals surface area contributed by atoms with Gasteiger partial charge in [-0.1, -0.05) is 45.6 Å². The van der Waals surface area contributed by atoms with Crippen molar-refractivity contribution in [2.75, 3.05) is 0 Å². The van der Waals surface area contributed by atoms with Crippen LogP contribution in [0.4, 0.5) is 0 Å². The average Bonchev–Trinajstić information content (AvgIpc) is 2.21. The molecule has 0 spiro atoms.